The Morgan fingerprint density at radius 1 is 1.06 bits per heavy atom. The van der Waals surface area contributed by atoms with Crippen LogP contribution in [0.5, 0.6) is 0 Å². The van der Waals surface area contributed by atoms with E-state index in [0.29, 0.717) is 5.92 Å². The second-order valence-electron chi connectivity index (χ2n) is 4.98. The number of aliphatic imine (C=N–C) groups is 2. The molecule has 0 aromatic carbocycles. The summed E-state index contributed by atoms with van der Waals surface area (Å²) in [5, 5.41) is 6.52. The molecule has 1 saturated carbocycles. The molecular formula is C14H24N4. The summed E-state index contributed by atoms with van der Waals surface area (Å²) in [5.74, 6) is 0.663. The molecule has 0 atom stereocenters. The van der Waals surface area contributed by atoms with Gasteiger partial charge in [0.15, 0.2) is 0 Å². The molecule has 0 spiro atoms. The summed E-state index contributed by atoms with van der Waals surface area (Å²) >= 11 is 0. The summed E-state index contributed by atoms with van der Waals surface area (Å²) in [6.07, 6.45) is 12.5. The largest absolute Gasteiger partial charge is 0.375 e. The molecule has 18 heavy (non-hydrogen) atoms. The molecule has 0 aromatic heterocycles. The van der Waals surface area contributed by atoms with Gasteiger partial charge in [-0.15, -0.1) is 0 Å². The highest BCUT2D eigenvalue weighted by molar-refractivity contribution is 5.79. The molecule has 100 valence electrons. The van der Waals surface area contributed by atoms with E-state index in [2.05, 4.69) is 20.6 Å². The van der Waals surface area contributed by atoms with Gasteiger partial charge in [0, 0.05) is 32.0 Å². The lowest BCUT2D eigenvalue weighted by atomic mass is 9.84. The fourth-order valence-electron chi connectivity index (χ4n) is 2.52. The molecule has 2 aliphatic rings. The normalized spacial score (nSPS) is 30.1. The molecule has 1 heterocycles. The van der Waals surface area contributed by atoms with Crippen LogP contribution in [-0.2, 0) is 0 Å². The molecule has 2 N–H and O–H groups in total. The first-order valence-corrected chi connectivity index (χ1v) is 7.12. The zero-order chi connectivity index (χ0) is 12.5. The Bertz CT molecular complexity index is 314. The fraction of sp³-hybridized carbons (Fsp3) is 0.714. The standard InChI is InChI=1S/C14H24N4/c1-2-4-13(5-3-1)14-10-16-8-6-15-7-9-17-12-18-11-14/h10-13,15H,1-9H2,(H,17,18)/b14-11+,16-10-. The van der Waals surface area contributed by atoms with Crippen LogP contribution in [-0.4, -0.2) is 38.7 Å². The molecule has 1 aliphatic carbocycles. The quantitative estimate of drug-likeness (QED) is 0.742. The molecule has 0 radical (unpaired) electrons. The average Bonchev–Trinajstić information content (AvgIpc) is 2.40. The summed E-state index contributed by atoms with van der Waals surface area (Å²) in [6.45, 7) is 3.68. The van der Waals surface area contributed by atoms with Crippen LogP contribution in [0.3, 0.4) is 0 Å². The van der Waals surface area contributed by atoms with Gasteiger partial charge in [-0.25, -0.2) is 4.99 Å². The third kappa shape index (κ3) is 4.61. The Morgan fingerprint density at radius 2 is 1.94 bits per heavy atom. The molecule has 0 unspecified atom stereocenters. The Labute approximate surface area is 110 Å². The Balaban J connectivity index is 2.00. The monoisotopic (exact) mass is 248 g/mol. The average molecular weight is 248 g/mol. The lowest BCUT2D eigenvalue weighted by molar-refractivity contribution is 0.411. The minimum atomic E-state index is 0.663. The van der Waals surface area contributed by atoms with E-state index in [-0.39, 0.29) is 0 Å². The van der Waals surface area contributed by atoms with Crippen molar-refractivity contribution in [3.63, 3.8) is 0 Å². The van der Waals surface area contributed by atoms with Crippen molar-refractivity contribution < 1.29 is 0 Å². The maximum Gasteiger partial charge on any atom is 0.0879 e. The maximum atomic E-state index is 4.51. The van der Waals surface area contributed by atoms with Crippen molar-refractivity contribution in [2.75, 3.05) is 26.2 Å². The van der Waals surface area contributed by atoms with Gasteiger partial charge in [0.1, 0.15) is 0 Å². The van der Waals surface area contributed by atoms with E-state index in [0.717, 1.165) is 26.2 Å². The Kier molecular flexibility index (Phi) is 5.92. The summed E-state index contributed by atoms with van der Waals surface area (Å²) in [5.41, 5.74) is 1.30. The summed E-state index contributed by atoms with van der Waals surface area (Å²) in [4.78, 5) is 8.86. The van der Waals surface area contributed by atoms with E-state index in [9.17, 15) is 0 Å². The van der Waals surface area contributed by atoms with E-state index in [1.807, 2.05) is 12.4 Å². The highest BCUT2D eigenvalue weighted by atomic mass is 15.0. The Morgan fingerprint density at radius 3 is 2.83 bits per heavy atom. The van der Waals surface area contributed by atoms with Crippen LogP contribution < -0.4 is 10.6 Å². The van der Waals surface area contributed by atoms with Crippen molar-refractivity contribution in [3.8, 4) is 0 Å². The van der Waals surface area contributed by atoms with Crippen molar-refractivity contribution >= 4 is 12.6 Å². The highest BCUT2D eigenvalue weighted by Crippen LogP contribution is 2.28. The number of allylic oxidation sites excluding steroid dienone is 1. The molecule has 2 rings (SSSR count). The molecule has 0 bridgehead atoms. The molecule has 0 amide bonds. The van der Waals surface area contributed by atoms with Crippen LogP contribution in [0.25, 0.3) is 0 Å². The van der Waals surface area contributed by atoms with Crippen molar-refractivity contribution in [2.24, 2.45) is 15.9 Å². The van der Waals surface area contributed by atoms with Gasteiger partial charge in [-0.2, -0.15) is 0 Å². The van der Waals surface area contributed by atoms with Gasteiger partial charge in [0.2, 0.25) is 0 Å². The first kappa shape index (κ1) is 13.3. The zero-order valence-corrected chi connectivity index (χ0v) is 11.1. The zero-order valence-electron chi connectivity index (χ0n) is 11.1. The molecule has 4 nitrogen and oxygen atoms in total. The SMILES string of the molecule is C1=N/C=C(C2CCCCC2)\C=N/CCNCCN\1. The van der Waals surface area contributed by atoms with Crippen molar-refractivity contribution in [2.45, 2.75) is 32.1 Å². The maximum absolute atomic E-state index is 4.51. The van der Waals surface area contributed by atoms with Crippen LogP contribution in [0.2, 0.25) is 0 Å². The van der Waals surface area contributed by atoms with E-state index in [1.165, 1.54) is 37.7 Å². The van der Waals surface area contributed by atoms with Crippen molar-refractivity contribution in [1.29, 1.82) is 0 Å². The van der Waals surface area contributed by atoms with Gasteiger partial charge < -0.3 is 10.6 Å². The Hall–Kier alpha value is -1.16. The van der Waals surface area contributed by atoms with Gasteiger partial charge in [0.25, 0.3) is 0 Å². The summed E-state index contributed by atoms with van der Waals surface area (Å²) < 4.78 is 0. The molecule has 0 aromatic rings. The lowest BCUT2D eigenvalue weighted by Gasteiger charge is -2.22. The van der Waals surface area contributed by atoms with E-state index in [4.69, 9.17) is 0 Å². The topological polar surface area (TPSA) is 48.8 Å². The minimum absolute atomic E-state index is 0.663. The van der Waals surface area contributed by atoms with Crippen LogP contribution in [0.4, 0.5) is 0 Å². The minimum Gasteiger partial charge on any atom is -0.375 e. The highest BCUT2D eigenvalue weighted by Gasteiger charge is 2.16. The second kappa shape index (κ2) is 8.03. The lowest BCUT2D eigenvalue weighted by Crippen LogP contribution is -2.28. The number of hydrogen-bond donors (Lipinski definition) is 2. The predicted molar refractivity (Wildman–Crippen MR) is 77.4 cm³/mol. The first-order chi connectivity index (χ1) is 8.97. The molecule has 4 heteroatoms. The second-order valence-corrected chi connectivity index (χ2v) is 4.98. The number of nitrogens with zero attached hydrogens (tertiary/aromatic N) is 2. The van der Waals surface area contributed by atoms with Gasteiger partial charge in [-0.3, -0.25) is 4.99 Å². The van der Waals surface area contributed by atoms with Gasteiger partial charge in [0.05, 0.1) is 12.9 Å². The predicted octanol–water partition coefficient (Wildman–Crippen LogP) is 1.74. The van der Waals surface area contributed by atoms with Gasteiger partial charge in [-0.05, 0) is 24.3 Å². The number of nitrogens with one attached hydrogen (secondary N) is 2. The third-order valence-corrected chi connectivity index (χ3v) is 3.57. The molecule has 1 fully saturated rings. The molecule has 1 aliphatic heterocycles. The van der Waals surface area contributed by atoms with Gasteiger partial charge >= 0.3 is 0 Å². The van der Waals surface area contributed by atoms with Crippen molar-refractivity contribution in [3.05, 3.63) is 11.8 Å². The third-order valence-electron chi connectivity index (χ3n) is 3.57. The summed E-state index contributed by atoms with van der Waals surface area (Å²) in [6, 6.07) is 0. The van der Waals surface area contributed by atoms with E-state index in [1.54, 1.807) is 6.34 Å². The van der Waals surface area contributed by atoms with Crippen LogP contribution in [0, 0.1) is 5.92 Å². The summed E-state index contributed by atoms with van der Waals surface area (Å²) in [7, 11) is 0. The van der Waals surface area contributed by atoms with Gasteiger partial charge in [-0.1, -0.05) is 19.3 Å². The van der Waals surface area contributed by atoms with Crippen LogP contribution in [0.15, 0.2) is 21.8 Å². The number of rotatable bonds is 1. The van der Waals surface area contributed by atoms with Crippen LogP contribution in [0.1, 0.15) is 32.1 Å². The van der Waals surface area contributed by atoms with Crippen molar-refractivity contribution in [1.82, 2.24) is 10.6 Å². The smallest absolute Gasteiger partial charge is 0.0879 e. The molecule has 0 saturated heterocycles. The van der Waals surface area contributed by atoms with E-state index < -0.39 is 0 Å². The number of hydrogen-bond acceptors (Lipinski definition) is 4. The van der Waals surface area contributed by atoms with Crippen LogP contribution >= 0.6 is 0 Å². The molecular weight excluding hydrogens is 224 g/mol. The fourth-order valence-corrected chi connectivity index (χ4v) is 2.52. The first-order valence-electron chi connectivity index (χ1n) is 7.12. The van der Waals surface area contributed by atoms with E-state index >= 15 is 0 Å².